The van der Waals surface area contributed by atoms with Crippen LogP contribution in [0.4, 0.5) is 11.5 Å². The van der Waals surface area contributed by atoms with Crippen molar-refractivity contribution in [3.63, 3.8) is 0 Å². The van der Waals surface area contributed by atoms with Crippen LogP contribution in [-0.4, -0.2) is 29.5 Å². The smallest absolute Gasteiger partial charge is 0.265 e. The Hall–Kier alpha value is -2.73. The molecule has 3 aromatic heterocycles. The molecule has 3 heterocycles. The van der Waals surface area contributed by atoms with Crippen LogP contribution in [0.15, 0.2) is 60.4 Å². The largest absolute Gasteiger partial charge is 0.359 e. The normalized spacial score (nSPS) is 10.4. The lowest BCUT2D eigenvalue weighted by molar-refractivity contribution is 0.103. The summed E-state index contributed by atoms with van der Waals surface area (Å²) in [7, 11) is 2.01. The molecule has 0 fully saturated rings. The highest BCUT2D eigenvalue weighted by Crippen LogP contribution is 2.16. The number of anilines is 2. The summed E-state index contributed by atoms with van der Waals surface area (Å²) < 4.78 is 0. The highest BCUT2D eigenvalue weighted by Gasteiger charge is 2.08. The maximum absolute atomic E-state index is 12.0. The van der Waals surface area contributed by atoms with E-state index in [0.29, 0.717) is 10.6 Å². The van der Waals surface area contributed by atoms with Crippen LogP contribution in [-0.2, 0) is 6.42 Å². The van der Waals surface area contributed by atoms with Crippen LogP contribution in [0.2, 0.25) is 0 Å². The fourth-order valence-corrected chi connectivity index (χ4v) is 2.87. The molecule has 0 aliphatic heterocycles. The van der Waals surface area contributed by atoms with Gasteiger partial charge in [0.15, 0.2) is 0 Å². The summed E-state index contributed by atoms with van der Waals surface area (Å²) in [6.45, 7) is 0.859. The van der Waals surface area contributed by atoms with Gasteiger partial charge >= 0.3 is 0 Å². The number of aromatic nitrogens is 2. The molecule has 3 aromatic rings. The van der Waals surface area contributed by atoms with Crippen molar-refractivity contribution in [3.05, 3.63) is 70.8 Å². The van der Waals surface area contributed by atoms with E-state index in [9.17, 15) is 4.79 Å². The molecule has 0 saturated carbocycles. The third kappa shape index (κ3) is 4.17. The van der Waals surface area contributed by atoms with Crippen molar-refractivity contribution in [3.8, 4) is 0 Å². The molecule has 0 aliphatic carbocycles. The van der Waals surface area contributed by atoms with Crippen LogP contribution >= 0.6 is 11.3 Å². The molecule has 0 aliphatic rings. The second-order valence-corrected chi connectivity index (χ2v) is 6.31. The molecular formula is C18H18N4OS. The Bertz CT molecular complexity index is 773. The van der Waals surface area contributed by atoms with E-state index in [1.807, 2.05) is 42.8 Å². The van der Waals surface area contributed by atoms with Gasteiger partial charge < -0.3 is 10.2 Å². The molecule has 6 heteroatoms. The second kappa shape index (κ2) is 7.70. The standard InChI is InChI=1S/C18H18N4OS/c1-22(11-8-14-6-9-19-10-7-14)17-5-4-15(13-20-17)21-18(23)16-3-2-12-24-16/h2-7,9-10,12-13H,8,11H2,1H3,(H,21,23). The van der Waals surface area contributed by atoms with E-state index in [1.54, 1.807) is 24.7 Å². The van der Waals surface area contributed by atoms with Gasteiger partial charge in [0.05, 0.1) is 16.8 Å². The van der Waals surface area contributed by atoms with Crippen molar-refractivity contribution < 1.29 is 4.79 Å². The summed E-state index contributed by atoms with van der Waals surface area (Å²) in [6, 6.07) is 11.5. The molecule has 24 heavy (non-hydrogen) atoms. The van der Waals surface area contributed by atoms with Crippen LogP contribution in [0.3, 0.4) is 0 Å². The van der Waals surface area contributed by atoms with E-state index < -0.39 is 0 Å². The van der Waals surface area contributed by atoms with Gasteiger partial charge in [0.25, 0.3) is 5.91 Å². The predicted molar refractivity (Wildman–Crippen MR) is 97.7 cm³/mol. The summed E-state index contributed by atoms with van der Waals surface area (Å²) in [5.74, 6) is 0.767. The number of carbonyl (C=O) groups is 1. The van der Waals surface area contributed by atoms with Gasteiger partial charge in [-0.15, -0.1) is 11.3 Å². The van der Waals surface area contributed by atoms with E-state index in [4.69, 9.17) is 0 Å². The first-order valence-corrected chi connectivity index (χ1v) is 8.51. The minimum atomic E-state index is -0.106. The molecule has 3 rings (SSSR count). The number of likely N-dealkylation sites (N-methyl/N-ethyl adjacent to an activating group) is 1. The number of nitrogens with one attached hydrogen (secondary N) is 1. The zero-order chi connectivity index (χ0) is 16.8. The van der Waals surface area contributed by atoms with Gasteiger partial charge in [-0.05, 0) is 47.7 Å². The molecule has 0 atom stereocenters. The Morgan fingerprint density at radius 1 is 1.21 bits per heavy atom. The van der Waals surface area contributed by atoms with E-state index >= 15 is 0 Å². The Labute approximate surface area is 145 Å². The van der Waals surface area contributed by atoms with Gasteiger partial charge in [0.1, 0.15) is 5.82 Å². The number of pyridine rings is 2. The lowest BCUT2D eigenvalue weighted by Gasteiger charge is -2.18. The van der Waals surface area contributed by atoms with E-state index in [0.717, 1.165) is 18.8 Å². The van der Waals surface area contributed by atoms with Crippen molar-refractivity contribution in [1.29, 1.82) is 0 Å². The molecule has 0 radical (unpaired) electrons. The number of amides is 1. The monoisotopic (exact) mass is 338 g/mol. The van der Waals surface area contributed by atoms with Gasteiger partial charge in [-0.1, -0.05) is 6.07 Å². The summed E-state index contributed by atoms with van der Waals surface area (Å²) >= 11 is 1.42. The van der Waals surface area contributed by atoms with Gasteiger partial charge in [-0.3, -0.25) is 9.78 Å². The van der Waals surface area contributed by atoms with Crippen LogP contribution in [0, 0.1) is 0 Å². The quantitative estimate of drug-likeness (QED) is 0.748. The van der Waals surface area contributed by atoms with Crippen molar-refractivity contribution in [1.82, 2.24) is 9.97 Å². The maximum atomic E-state index is 12.0. The molecule has 0 aromatic carbocycles. The molecular weight excluding hydrogens is 320 g/mol. The number of rotatable bonds is 6. The van der Waals surface area contributed by atoms with Crippen molar-refractivity contribution in [2.75, 3.05) is 23.8 Å². The Morgan fingerprint density at radius 2 is 2.04 bits per heavy atom. The number of hydrogen-bond acceptors (Lipinski definition) is 5. The third-order valence-corrected chi connectivity index (χ3v) is 4.50. The molecule has 0 spiro atoms. The highest BCUT2D eigenvalue weighted by molar-refractivity contribution is 7.12. The fourth-order valence-electron chi connectivity index (χ4n) is 2.25. The minimum absolute atomic E-state index is 0.106. The second-order valence-electron chi connectivity index (χ2n) is 5.36. The van der Waals surface area contributed by atoms with E-state index in [-0.39, 0.29) is 5.91 Å². The van der Waals surface area contributed by atoms with Gasteiger partial charge in [-0.2, -0.15) is 0 Å². The minimum Gasteiger partial charge on any atom is -0.359 e. The van der Waals surface area contributed by atoms with Crippen LogP contribution in [0.25, 0.3) is 0 Å². The van der Waals surface area contributed by atoms with E-state index in [2.05, 4.69) is 20.2 Å². The number of carbonyl (C=O) groups excluding carboxylic acids is 1. The summed E-state index contributed by atoms with van der Waals surface area (Å²) in [5.41, 5.74) is 1.94. The average Bonchev–Trinajstić information content (AvgIpc) is 3.16. The zero-order valence-electron chi connectivity index (χ0n) is 13.3. The van der Waals surface area contributed by atoms with Gasteiger partial charge in [-0.25, -0.2) is 4.98 Å². The lowest BCUT2D eigenvalue weighted by atomic mass is 10.2. The Kier molecular flexibility index (Phi) is 5.18. The first-order chi connectivity index (χ1) is 11.7. The molecule has 0 saturated heterocycles. The molecule has 0 bridgehead atoms. The summed E-state index contributed by atoms with van der Waals surface area (Å²) in [6.07, 6.45) is 6.22. The molecule has 1 amide bonds. The van der Waals surface area contributed by atoms with Gasteiger partial charge in [0.2, 0.25) is 0 Å². The SMILES string of the molecule is CN(CCc1ccncc1)c1ccc(NC(=O)c2cccs2)cn1. The predicted octanol–water partition coefficient (Wildman–Crippen LogP) is 3.47. The van der Waals surface area contributed by atoms with Crippen LogP contribution < -0.4 is 10.2 Å². The number of hydrogen-bond donors (Lipinski definition) is 1. The van der Waals surface area contributed by atoms with Crippen molar-refractivity contribution >= 4 is 28.7 Å². The Morgan fingerprint density at radius 3 is 2.71 bits per heavy atom. The molecule has 5 nitrogen and oxygen atoms in total. The van der Waals surface area contributed by atoms with Crippen LogP contribution in [0.5, 0.6) is 0 Å². The summed E-state index contributed by atoms with van der Waals surface area (Å²) in [5, 5.41) is 4.73. The number of thiophene rings is 1. The first-order valence-electron chi connectivity index (χ1n) is 7.63. The van der Waals surface area contributed by atoms with Gasteiger partial charge in [0, 0.05) is 26.0 Å². The van der Waals surface area contributed by atoms with Crippen LogP contribution in [0.1, 0.15) is 15.2 Å². The first kappa shape index (κ1) is 16.1. The topological polar surface area (TPSA) is 58.1 Å². The third-order valence-electron chi connectivity index (χ3n) is 3.63. The molecule has 0 unspecified atom stereocenters. The number of nitrogens with zero attached hydrogens (tertiary/aromatic N) is 3. The highest BCUT2D eigenvalue weighted by atomic mass is 32.1. The maximum Gasteiger partial charge on any atom is 0.265 e. The molecule has 122 valence electrons. The fraction of sp³-hybridized carbons (Fsp3) is 0.167. The lowest BCUT2D eigenvalue weighted by Crippen LogP contribution is -2.21. The van der Waals surface area contributed by atoms with Crippen molar-refractivity contribution in [2.45, 2.75) is 6.42 Å². The zero-order valence-corrected chi connectivity index (χ0v) is 14.2. The Balaban J connectivity index is 1.56. The molecule has 1 N–H and O–H groups in total. The average molecular weight is 338 g/mol. The summed E-state index contributed by atoms with van der Waals surface area (Å²) in [4.78, 5) is 23.2. The van der Waals surface area contributed by atoms with Crippen molar-refractivity contribution in [2.24, 2.45) is 0 Å². The van der Waals surface area contributed by atoms with E-state index in [1.165, 1.54) is 16.9 Å².